The Kier molecular flexibility index (Phi) is 11.2. The van der Waals surface area contributed by atoms with E-state index < -0.39 is 5.54 Å². The van der Waals surface area contributed by atoms with Crippen LogP contribution in [0.25, 0.3) is 11.1 Å². The Hall–Kier alpha value is -1.90. The fraction of sp³-hybridized carbons (Fsp3) is 0.615. The lowest BCUT2D eigenvalue weighted by Crippen LogP contribution is -2.59. The highest BCUT2D eigenvalue weighted by Gasteiger charge is 2.56. The van der Waals surface area contributed by atoms with Crippen LogP contribution in [-0.2, 0) is 20.8 Å². The summed E-state index contributed by atoms with van der Waals surface area (Å²) < 4.78 is -0.250. The Balaban J connectivity index is 1.91. The molecule has 5 nitrogen and oxygen atoms in total. The van der Waals surface area contributed by atoms with Gasteiger partial charge in [0.2, 0.25) is 17.7 Å². The van der Waals surface area contributed by atoms with Gasteiger partial charge in [-0.25, -0.2) is 0 Å². The van der Waals surface area contributed by atoms with Crippen LogP contribution in [0, 0.1) is 6.92 Å². The molecule has 1 fully saturated rings. The van der Waals surface area contributed by atoms with E-state index in [1.165, 1.54) is 59.3 Å². The largest absolute Gasteiger partial charge is 0.299 e. The van der Waals surface area contributed by atoms with E-state index in [1.54, 1.807) is 0 Å². The second kappa shape index (κ2) is 14.5. The second-order valence-corrected chi connectivity index (χ2v) is 17.2. The molecule has 3 aliphatic heterocycles. The zero-order valence-electron chi connectivity index (χ0n) is 30.1. The van der Waals surface area contributed by atoms with E-state index in [4.69, 9.17) is 0 Å². The number of carbonyl (C=O) groups excluding carboxylic acids is 3. The number of hydrogen-bond acceptors (Lipinski definition) is 6. The van der Waals surface area contributed by atoms with Crippen LogP contribution >= 0.6 is 35.3 Å². The van der Waals surface area contributed by atoms with E-state index in [0.717, 1.165) is 68.6 Å². The molecule has 47 heavy (non-hydrogen) atoms. The Morgan fingerprint density at radius 3 is 2.13 bits per heavy atom. The quantitative estimate of drug-likeness (QED) is 0.151. The summed E-state index contributed by atoms with van der Waals surface area (Å²) in [5, 5.41) is 0. The maximum atomic E-state index is 15.0. The zero-order chi connectivity index (χ0) is 34.3. The van der Waals surface area contributed by atoms with Gasteiger partial charge in [0.05, 0.1) is 11.2 Å². The molecular formula is C39H54N2O3S3. The maximum absolute atomic E-state index is 15.0. The van der Waals surface area contributed by atoms with Gasteiger partial charge in [0.1, 0.15) is 10.6 Å². The van der Waals surface area contributed by atoms with Gasteiger partial charge in [0.15, 0.2) is 0 Å². The number of benzene rings is 1. The van der Waals surface area contributed by atoms with Crippen molar-refractivity contribution in [3.8, 4) is 0 Å². The van der Waals surface area contributed by atoms with Crippen molar-refractivity contribution < 1.29 is 14.4 Å². The molecule has 3 amide bonds. The molecule has 256 valence electrons. The normalized spacial score (nSPS) is 22.1. The molecule has 0 radical (unpaired) electrons. The summed E-state index contributed by atoms with van der Waals surface area (Å²) in [6, 6.07) is 2.45. The van der Waals surface area contributed by atoms with Gasteiger partial charge in [-0.3, -0.25) is 24.2 Å². The van der Waals surface area contributed by atoms with Crippen LogP contribution in [-0.4, -0.2) is 50.3 Å². The Morgan fingerprint density at radius 1 is 0.915 bits per heavy atom. The molecule has 0 spiro atoms. The van der Waals surface area contributed by atoms with Gasteiger partial charge < -0.3 is 0 Å². The van der Waals surface area contributed by atoms with E-state index >= 15 is 0 Å². The minimum Gasteiger partial charge on any atom is -0.299 e. The summed E-state index contributed by atoms with van der Waals surface area (Å²) >= 11 is 6.10. The molecule has 0 N–H and O–H groups in total. The third-order valence-corrected chi connectivity index (χ3v) is 15.7. The summed E-state index contributed by atoms with van der Waals surface area (Å²) in [6.45, 7) is 20.2. The molecule has 1 aliphatic carbocycles. The number of fused-ring (bicyclic) bond motifs is 3. The van der Waals surface area contributed by atoms with Crippen LogP contribution in [0.15, 0.2) is 27.0 Å². The summed E-state index contributed by atoms with van der Waals surface area (Å²) in [6.07, 6.45) is 7.86. The van der Waals surface area contributed by atoms with E-state index in [2.05, 4.69) is 96.8 Å². The van der Waals surface area contributed by atoms with Gasteiger partial charge in [-0.15, -0.1) is 23.5 Å². The number of amides is 3. The Morgan fingerprint density at radius 2 is 1.60 bits per heavy atom. The van der Waals surface area contributed by atoms with E-state index in [9.17, 15) is 14.4 Å². The van der Waals surface area contributed by atoms with Gasteiger partial charge in [0, 0.05) is 28.9 Å². The van der Waals surface area contributed by atoms with Crippen molar-refractivity contribution >= 4 is 69.8 Å². The molecule has 1 aromatic carbocycles. The smallest absolute Gasteiger partial charge is 0.247 e. The van der Waals surface area contributed by atoms with Crippen LogP contribution in [0.1, 0.15) is 135 Å². The monoisotopic (exact) mass is 694 g/mol. The van der Waals surface area contributed by atoms with Crippen LogP contribution in [0.3, 0.4) is 0 Å². The number of imide groups is 1. The Bertz CT molecular complexity index is 1550. The molecule has 1 atom stereocenters. The minimum absolute atomic E-state index is 0.150. The maximum Gasteiger partial charge on any atom is 0.247 e. The fourth-order valence-electron chi connectivity index (χ4n) is 8.64. The first-order valence-corrected chi connectivity index (χ1v) is 20.9. The summed E-state index contributed by atoms with van der Waals surface area (Å²) in [7, 11) is 0. The lowest BCUT2D eigenvalue weighted by molar-refractivity contribution is -0.142. The number of hydrogen-bond donors (Lipinski definition) is 0. The van der Waals surface area contributed by atoms with E-state index in [1.807, 2.05) is 11.8 Å². The first-order valence-electron chi connectivity index (χ1n) is 18.1. The van der Waals surface area contributed by atoms with Gasteiger partial charge in [-0.2, -0.15) is 0 Å². The van der Waals surface area contributed by atoms with Crippen molar-refractivity contribution in [1.82, 2.24) is 4.90 Å². The number of nitrogens with zero attached hydrogens (tertiary/aromatic N) is 2. The SMILES string of the molecule is CCCSC1(SCC)C(CC)=C(CC)SC2=C1c1cc3c(c(C)c1N(C(=O)CN1C(=O)CCC1=O)C2(CC)CC)C(CC)=C(CC)C3. The van der Waals surface area contributed by atoms with Crippen molar-refractivity contribution in [2.75, 3.05) is 23.0 Å². The van der Waals surface area contributed by atoms with Gasteiger partial charge in [0.25, 0.3) is 0 Å². The molecule has 1 aromatic rings. The van der Waals surface area contributed by atoms with E-state index in [-0.39, 0.29) is 41.2 Å². The molecule has 0 bridgehead atoms. The van der Waals surface area contributed by atoms with Gasteiger partial charge in [-0.1, -0.05) is 72.7 Å². The molecule has 0 aromatic heterocycles. The predicted molar refractivity (Wildman–Crippen MR) is 205 cm³/mol. The van der Waals surface area contributed by atoms with Crippen LogP contribution in [0.4, 0.5) is 5.69 Å². The lowest BCUT2D eigenvalue weighted by atomic mass is 9.76. The molecule has 4 aliphatic rings. The van der Waals surface area contributed by atoms with Crippen LogP contribution in [0.5, 0.6) is 0 Å². The van der Waals surface area contributed by atoms with Crippen molar-refractivity contribution in [3.63, 3.8) is 0 Å². The molecule has 8 heteroatoms. The average Bonchev–Trinajstić information content (AvgIpc) is 3.60. The number of thioether (sulfide) groups is 3. The topological polar surface area (TPSA) is 57.7 Å². The number of anilines is 1. The first kappa shape index (κ1) is 36.4. The summed E-state index contributed by atoms with van der Waals surface area (Å²) in [5.74, 6) is 1.43. The van der Waals surface area contributed by atoms with Crippen molar-refractivity contribution in [2.24, 2.45) is 0 Å². The van der Waals surface area contributed by atoms with Crippen molar-refractivity contribution in [2.45, 2.75) is 136 Å². The van der Waals surface area contributed by atoms with Crippen LogP contribution in [0.2, 0.25) is 0 Å². The minimum atomic E-state index is -0.594. The lowest BCUT2D eigenvalue weighted by Gasteiger charge is -2.55. The third-order valence-electron chi connectivity index (χ3n) is 10.8. The fourth-order valence-corrected chi connectivity index (χ4v) is 14.1. The second-order valence-electron chi connectivity index (χ2n) is 13.1. The predicted octanol–water partition coefficient (Wildman–Crippen LogP) is 10.3. The highest BCUT2D eigenvalue weighted by molar-refractivity contribution is 8.19. The molecule has 1 unspecified atom stereocenters. The standard InChI is InChI=1S/C39H54N2O3S3/c1-10-20-46-39(45-17-8)29(13-4)30(14-5)47-37-35(39)28-22-26-21-25(11-2)27(12-3)34(26)24(9)36(28)41(38(37,15-6)16-7)33(44)23-40-31(42)18-19-32(40)43/h22H,10-21,23H2,1-9H3. The van der Waals surface area contributed by atoms with E-state index in [0.29, 0.717) is 0 Å². The number of rotatable bonds is 13. The summed E-state index contributed by atoms with van der Waals surface area (Å²) in [4.78, 5) is 46.7. The third kappa shape index (κ3) is 5.60. The van der Waals surface area contributed by atoms with Crippen molar-refractivity contribution in [3.05, 3.63) is 49.3 Å². The molecule has 5 rings (SSSR count). The molecular weight excluding hydrogens is 641 g/mol. The Labute approximate surface area is 296 Å². The number of carbonyl (C=O) groups is 3. The number of likely N-dealkylation sites (tertiary alicyclic amines) is 1. The summed E-state index contributed by atoms with van der Waals surface area (Å²) in [5.41, 5.74) is 11.3. The zero-order valence-corrected chi connectivity index (χ0v) is 32.6. The number of allylic oxidation sites excluding steroid dienone is 3. The highest BCUT2D eigenvalue weighted by atomic mass is 32.2. The van der Waals surface area contributed by atoms with Crippen LogP contribution < -0.4 is 4.90 Å². The average molecular weight is 695 g/mol. The molecule has 3 heterocycles. The van der Waals surface area contributed by atoms with Crippen molar-refractivity contribution in [1.29, 1.82) is 0 Å². The van der Waals surface area contributed by atoms with Gasteiger partial charge in [-0.05, 0) is 109 Å². The first-order chi connectivity index (χ1) is 22.6. The highest BCUT2D eigenvalue weighted by Crippen LogP contribution is 2.68. The molecule has 1 saturated heterocycles. The van der Waals surface area contributed by atoms with Gasteiger partial charge >= 0.3 is 0 Å². The molecule has 0 saturated carbocycles.